The van der Waals surface area contributed by atoms with Crippen LogP contribution in [0, 0.1) is 0 Å². The van der Waals surface area contributed by atoms with Gasteiger partial charge in [0.05, 0.1) is 11.0 Å². The Labute approximate surface area is 366 Å². The van der Waals surface area contributed by atoms with E-state index in [1.807, 2.05) is 30.3 Å². The van der Waals surface area contributed by atoms with Crippen LogP contribution in [-0.4, -0.2) is 19.5 Å². The van der Waals surface area contributed by atoms with Crippen molar-refractivity contribution in [2.24, 2.45) is 0 Å². The molecule has 0 amide bonds. The average molecular weight is 815 g/mol. The van der Waals surface area contributed by atoms with Crippen molar-refractivity contribution in [2.45, 2.75) is 0 Å². The third-order valence-corrected chi connectivity index (χ3v) is 13.1. The molecular weight excluding hydrogens is 781 g/mol. The SMILES string of the molecule is c1ccc(-c2nc(-c3ccc4c(c3)oc3ccc5cc(-n6c7cc8ccccc8cc7c7cc8ccccc8cc76)ccc5c34)nc(-c3cc4ccccc4c4ccccc34)n2)cc1. The van der Waals surface area contributed by atoms with Crippen LogP contribution in [-0.2, 0) is 0 Å². The predicted molar refractivity (Wildman–Crippen MR) is 265 cm³/mol. The monoisotopic (exact) mass is 814 g/mol. The van der Waals surface area contributed by atoms with Crippen molar-refractivity contribution in [3.8, 4) is 39.9 Å². The lowest BCUT2D eigenvalue weighted by molar-refractivity contribution is 0.669. The van der Waals surface area contributed by atoms with E-state index in [9.17, 15) is 0 Å². The molecule has 14 rings (SSSR count). The highest BCUT2D eigenvalue weighted by Crippen LogP contribution is 2.41. The summed E-state index contributed by atoms with van der Waals surface area (Å²) in [5.41, 5.74) is 7.87. The summed E-state index contributed by atoms with van der Waals surface area (Å²) < 4.78 is 9.11. The van der Waals surface area contributed by atoms with Crippen LogP contribution in [0.5, 0.6) is 0 Å². The molecule has 0 N–H and O–H groups in total. The van der Waals surface area contributed by atoms with Crippen LogP contribution in [0.4, 0.5) is 0 Å². The molecule has 0 unspecified atom stereocenters. The first-order valence-corrected chi connectivity index (χ1v) is 21.7. The lowest BCUT2D eigenvalue weighted by Gasteiger charge is -2.12. The van der Waals surface area contributed by atoms with Gasteiger partial charge in [-0.25, -0.2) is 15.0 Å². The van der Waals surface area contributed by atoms with Gasteiger partial charge in [0.15, 0.2) is 17.5 Å². The zero-order chi connectivity index (χ0) is 41.9. The number of hydrogen-bond donors (Lipinski definition) is 0. The van der Waals surface area contributed by atoms with Gasteiger partial charge in [0.2, 0.25) is 0 Å². The molecule has 0 saturated heterocycles. The van der Waals surface area contributed by atoms with Crippen LogP contribution >= 0.6 is 0 Å². The van der Waals surface area contributed by atoms with E-state index in [1.54, 1.807) is 0 Å². The molecule has 296 valence electrons. The van der Waals surface area contributed by atoms with Crippen LogP contribution in [0.25, 0.3) is 137 Å². The molecule has 3 aromatic heterocycles. The van der Waals surface area contributed by atoms with E-state index in [0.717, 1.165) is 65.9 Å². The van der Waals surface area contributed by atoms with Crippen molar-refractivity contribution in [1.82, 2.24) is 19.5 Å². The minimum Gasteiger partial charge on any atom is -0.456 e. The largest absolute Gasteiger partial charge is 0.456 e. The maximum absolute atomic E-state index is 6.68. The van der Waals surface area contributed by atoms with E-state index in [-0.39, 0.29) is 0 Å². The van der Waals surface area contributed by atoms with Crippen molar-refractivity contribution in [3.05, 3.63) is 206 Å². The summed E-state index contributed by atoms with van der Waals surface area (Å²) in [5.74, 6) is 1.83. The summed E-state index contributed by atoms with van der Waals surface area (Å²) in [6.45, 7) is 0. The minimum atomic E-state index is 0.588. The summed E-state index contributed by atoms with van der Waals surface area (Å²) >= 11 is 0. The number of nitrogens with zero attached hydrogens (tertiary/aromatic N) is 4. The van der Waals surface area contributed by atoms with Crippen LogP contribution in [0.15, 0.2) is 211 Å². The molecular formula is C59H34N4O. The molecule has 11 aromatic carbocycles. The first kappa shape index (κ1) is 35.0. The topological polar surface area (TPSA) is 56.7 Å². The van der Waals surface area contributed by atoms with Crippen LogP contribution in [0.1, 0.15) is 0 Å². The predicted octanol–water partition coefficient (Wildman–Crippen LogP) is 15.6. The zero-order valence-corrected chi connectivity index (χ0v) is 34.3. The van der Waals surface area contributed by atoms with Crippen molar-refractivity contribution in [2.75, 3.05) is 0 Å². The Balaban J connectivity index is 0.933. The van der Waals surface area contributed by atoms with E-state index >= 15 is 0 Å². The van der Waals surface area contributed by atoms with Gasteiger partial charge >= 0.3 is 0 Å². The van der Waals surface area contributed by atoms with E-state index in [1.165, 1.54) is 54.1 Å². The van der Waals surface area contributed by atoms with Crippen molar-refractivity contribution in [3.63, 3.8) is 0 Å². The molecule has 0 aliphatic heterocycles. The molecule has 64 heavy (non-hydrogen) atoms. The number of furan rings is 1. The highest BCUT2D eigenvalue weighted by atomic mass is 16.3. The molecule has 0 saturated carbocycles. The van der Waals surface area contributed by atoms with Crippen molar-refractivity contribution in [1.29, 1.82) is 0 Å². The Kier molecular flexibility index (Phi) is 7.33. The van der Waals surface area contributed by atoms with Crippen LogP contribution in [0.3, 0.4) is 0 Å². The number of fused-ring (bicyclic) bond motifs is 13. The average Bonchev–Trinajstić information content (AvgIpc) is 3.89. The van der Waals surface area contributed by atoms with Gasteiger partial charge < -0.3 is 8.98 Å². The second-order valence-electron chi connectivity index (χ2n) is 16.8. The van der Waals surface area contributed by atoms with Gasteiger partial charge in [-0.15, -0.1) is 0 Å². The Morgan fingerprint density at radius 2 is 0.875 bits per heavy atom. The molecule has 0 aliphatic carbocycles. The normalized spacial score (nSPS) is 12.1. The van der Waals surface area contributed by atoms with Gasteiger partial charge in [-0.3, -0.25) is 0 Å². The smallest absolute Gasteiger partial charge is 0.164 e. The molecule has 3 heterocycles. The standard InChI is InChI=1S/C59H34N4O/c1-2-12-35(13-3-1)57-60-58(62-59(61-57)51-31-40-18-8-9-19-44(40)46-20-10-11-21-47(46)51)42-22-25-48-55(34-42)64-54-27-23-41-28-43(24-26-45(41)56(48)54)63-52-32-38-16-6-4-14-36(38)29-49(52)50-30-37-15-5-7-17-39(37)33-53(50)63/h1-34H. The van der Waals surface area contributed by atoms with Gasteiger partial charge in [0.1, 0.15) is 11.2 Å². The van der Waals surface area contributed by atoms with Crippen LogP contribution < -0.4 is 0 Å². The van der Waals surface area contributed by atoms with Gasteiger partial charge in [0, 0.05) is 43.9 Å². The zero-order valence-electron chi connectivity index (χ0n) is 34.3. The van der Waals surface area contributed by atoms with Crippen molar-refractivity contribution >= 4 is 97.6 Å². The fourth-order valence-corrected chi connectivity index (χ4v) is 10.1. The highest BCUT2D eigenvalue weighted by Gasteiger charge is 2.20. The first-order valence-electron chi connectivity index (χ1n) is 21.7. The summed E-state index contributed by atoms with van der Waals surface area (Å²) in [5, 5.41) is 16.5. The van der Waals surface area contributed by atoms with Crippen molar-refractivity contribution < 1.29 is 4.42 Å². The molecule has 0 aliphatic rings. The van der Waals surface area contributed by atoms with Gasteiger partial charge in [-0.2, -0.15) is 0 Å². The van der Waals surface area contributed by atoms with E-state index in [2.05, 4.69) is 180 Å². The number of rotatable bonds is 4. The Morgan fingerprint density at radius 1 is 0.312 bits per heavy atom. The van der Waals surface area contributed by atoms with Crippen LogP contribution in [0.2, 0.25) is 0 Å². The second-order valence-corrected chi connectivity index (χ2v) is 16.8. The van der Waals surface area contributed by atoms with E-state index < -0.39 is 0 Å². The van der Waals surface area contributed by atoms with E-state index in [0.29, 0.717) is 17.5 Å². The highest BCUT2D eigenvalue weighted by molar-refractivity contribution is 6.20. The van der Waals surface area contributed by atoms with Gasteiger partial charge in [-0.05, 0) is 115 Å². The molecule has 0 atom stereocenters. The number of benzene rings is 11. The summed E-state index contributed by atoms with van der Waals surface area (Å²) in [7, 11) is 0. The fourth-order valence-electron chi connectivity index (χ4n) is 10.1. The summed E-state index contributed by atoms with van der Waals surface area (Å²) in [6.07, 6.45) is 0. The van der Waals surface area contributed by atoms with Gasteiger partial charge in [-0.1, -0.05) is 146 Å². The first-order chi connectivity index (χ1) is 31.7. The Bertz CT molecular complexity index is 4170. The maximum atomic E-state index is 6.68. The maximum Gasteiger partial charge on any atom is 0.164 e. The second kappa shape index (κ2) is 13.4. The summed E-state index contributed by atoms with van der Waals surface area (Å²) in [4.78, 5) is 15.4. The molecule has 0 fully saturated rings. The molecule has 0 spiro atoms. The minimum absolute atomic E-state index is 0.588. The summed E-state index contributed by atoms with van der Waals surface area (Å²) in [6, 6.07) is 73.5. The fraction of sp³-hybridized carbons (Fsp3) is 0. The number of aromatic nitrogens is 4. The molecule has 0 radical (unpaired) electrons. The lowest BCUT2D eigenvalue weighted by Crippen LogP contribution is -2.00. The number of hydrogen-bond acceptors (Lipinski definition) is 4. The quantitative estimate of drug-likeness (QED) is 0.166. The lowest BCUT2D eigenvalue weighted by atomic mass is 9.97. The molecule has 14 aromatic rings. The molecule has 5 heteroatoms. The molecule has 0 bridgehead atoms. The van der Waals surface area contributed by atoms with Gasteiger partial charge in [0.25, 0.3) is 0 Å². The van der Waals surface area contributed by atoms with E-state index in [4.69, 9.17) is 19.4 Å². The Hall–Kier alpha value is -8.67. The third-order valence-electron chi connectivity index (χ3n) is 13.1. The third kappa shape index (κ3) is 5.28. The molecule has 5 nitrogen and oxygen atoms in total. The Morgan fingerprint density at radius 3 is 1.59 bits per heavy atom.